The van der Waals surface area contributed by atoms with Crippen LogP contribution >= 0.6 is 0 Å². The van der Waals surface area contributed by atoms with Gasteiger partial charge >= 0.3 is 11.7 Å². The second-order valence-electron chi connectivity index (χ2n) is 4.42. The van der Waals surface area contributed by atoms with Crippen molar-refractivity contribution in [2.45, 2.75) is 31.7 Å². The maximum atomic E-state index is 12.2. The fourth-order valence-electron chi connectivity index (χ4n) is 2.33. The van der Waals surface area contributed by atoms with Gasteiger partial charge in [0.2, 0.25) is 0 Å². The normalized spacial score (nSPS) is 15.8. The van der Waals surface area contributed by atoms with Crippen LogP contribution in [0.3, 0.4) is 0 Å². The maximum absolute atomic E-state index is 12.2. The van der Waals surface area contributed by atoms with Crippen LogP contribution < -0.4 is 5.69 Å². The molecule has 2 rings (SSSR count). The molecule has 3 N–H and O–H groups in total. The lowest BCUT2D eigenvalue weighted by molar-refractivity contribution is -0.138. The van der Waals surface area contributed by atoms with E-state index < -0.39 is 17.6 Å². The first-order valence-electron chi connectivity index (χ1n) is 5.88. The fourth-order valence-corrected chi connectivity index (χ4v) is 2.33. The Morgan fingerprint density at radius 3 is 2.56 bits per heavy atom. The first-order valence-corrected chi connectivity index (χ1v) is 5.88. The zero-order valence-corrected chi connectivity index (χ0v) is 9.81. The molecule has 0 radical (unpaired) electrons. The van der Waals surface area contributed by atoms with E-state index in [1.165, 1.54) is 11.1 Å². The summed E-state index contributed by atoms with van der Waals surface area (Å²) in [6, 6.07) is -0.0491. The lowest BCUT2D eigenvalue weighted by atomic mass is 10.2. The second kappa shape index (κ2) is 5.07. The molecule has 1 heterocycles. The number of carboxylic acid groups (broad SMARTS) is 1. The molecular weight excluding hydrogens is 238 g/mol. The van der Waals surface area contributed by atoms with Crippen LogP contribution in [0.5, 0.6) is 0 Å². The summed E-state index contributed by atoms with van der Waals surface area (Å²) in [5.74, 6) is -1.49. The molecule has 1 saturated carbocycles. The van der Waals surface area contributed by atoms with Gasteiger partial charge in [-0.05, 0) is 12.8 Å². The van der Waals surface area contributed by atoms with Crippen LogP contribution in [0.15, 0.2) is 11.0 Å². The Balaban J connectivity index is 2.19. The highest BCUT2D eigenvalue weighted by atomic mass is 16.4. The largest absolute Gasteiger partial charge is 0.480 e. The van der Waals surface area contributed by atoms with Gasteiger partial charge in [-0.3, -0.25) is 9.59 Å². The molecule has 1 aliphatic carbocycles. The van der Waals surface area contributed by atoms with Crippen molar-refractivity contribution < 1.29 is 14.7 Å². The van der Waals surface area contributed by atoms with Crippen LogP contribution in [0.2, 0.25) is 0 Å². The monoisotopic (exact) mass is 253 g/mol. The van der Waals surface area contributed by atoms with Crippen molar-refractivity contribution in [2.24, 2.45) is 0 Å². The Kier molecular flexibility index (Phi) is 3.50. The quantitative estimate of drug-likeness (QED) is 0.711. The minimum Gasteiger partial charge on any atom is -0.480 e. The highest BCUT2D eigenvalue weighted by Gasteiger charge is 2.29. The van der Waals surface area contributed by atoms with Crippen molar-refractivity contribution in [2.75, 3.05) is 6.54 Å². The Bertz CT molecular complexity index is 498. The molecule has 0 saturated heterocycles. The number of amides is 1. The number of imidazole rings is 1. The summed E-state index contributed by atoms with van der Waals surface area (Å²) >= 11 is 0. The summed E-state index contributed by atoms with van der Waals surface area (Å²) in [7, 11) is 0. The number of hydrogen-bond acceptors (Lipinski definition) is 3. The van der Waals surface area contributed by atoms with Crippen molar-refractivity contribution in [3.8, 4) is 0 Å². The summed E-state index contributed by atoms with van der Waals surface area (Å²) in [6.07, 6.45) is 4.89. The number of nitrogens with zero attached hydrogens (tertiary/aromatic N) is 1. The van der Waals surface area contributed by atoms with Crippen LogP contribution in [-0.4, -0.2) is 44.4 Å². The van der Waals surface area contributed by atoms with E-state index in [0.29, 0.717) is 0 Å². The van der Waals surface area contributed by atoms with Gasteiger partial charge in [0.15, 0.2) is 0 Å². The van der Waals surface area contributed by atoms with Gasteiger partial charge < -0.3 is 20.0 Å². The number of carboxylic acids is 1. The zero-order chi connectivity index (χ0) is 13.1. The number of H-pyrrole nitrogens is 2. The van der Waals surface area contributed by atoms with Crippen molar-refractivity contribution in [3.05, 3.63) is 22.4 Å². The molecule has 0 bridgehead atoms. The fraction of sp³-hybridized carbons (Fsp3) is 0.545. The third kappa shape index (κ3) is 2.61. The van der Waals surface area contributed by atoms with E-state index >= 15 is 0 Å². The Morgan fingerprint density at radius 1 is 1.39 bits per heavy atom. The molecule has 0 unspecified atom stereocenters. The average Bonchev–Trinajstić information content (AvgIpc) is 2.95. The molecule has 18 heavy (non-hydrogen) atoms. The SMILES string of the molecule is O=C(O)CN(C(=O)c1c[nH]c(=O)[nH]1)C1CCCC1. The van der Waals surface area contributed by atoms with E-state index in [-0.39, 0.29) is 18.3 Å². The first-order chi connectivity index (χ1) is 8.58. The molecule has 0 aliphatic heterocycles. The van der Waals surface area contributed by atoms with Crippen molar-refractivity contribution >= 4 is 11.9 Å². The predicted octanol–water partition coefficient (Wildman–Crippen LogP) is 0.172. The summed E-state index contributed by atoms with van der Waals surface area (Å²) in [4.78, 5) is 40.0. The smallest absolute Gasteiger partial charge is 0.323 e. The lowest BCUT2D eigenvalue weighted by Crippen LogP contribution is -2.42. The van der Waals surface area contributed by atoms with E-state index in [0.717, 1.165) is 25.7 Å². The summed E-state index contributed by atoms with van der Waals surface area (Å²) < 4.78 is 0. The minimum atomic E-state index is -1.05. The van der Waals surface area contributed by atoms with Crippen molar-refractivity contribution in [1.82, 2.24) is 14.9 Å². The van der Waals surface area contributed by atoms with Crippen LogP contribution in [0.4, 0.5) is 0 Å². The molecule has 1 amide bonds. The second-order valence-corrected chi connectivity index (χ2v) is 4.42. The third-order valence-electron chi connectivity index (χ3n) is 3.16. The molecule has 0 spiro atoms. The predicted molar refractivity (Wildman–Crippen MR) is 62.3 cm³/mol. The third-order valence-corrected chi connectivity index (χ3v) is 3.16. The number of aromatic amines is 2. The highest BCUT2D eigenvalue weighted by molar-refractivity contribution is 5.94. The topological polar surface area (TPSA) is 106 Å². The lowest BCUT2D eigenvalue weighted by Gasteiger charge is -2.26. The van der Waals surface area contributed by atoms with Crippen LogP contribution in [0.1, 0.15) is 36.2 Å². The van der Waals surface area contributed by atoms with Crippen LogP contribution in [0, 0.1) is 0 Å². The number of carbonyl (C=O) groups excluding carboxylic acids is 1. The molecular formula is C11H15N3O4. The molecule has 7 nitrogen and oxygen atoms in total. The zero-order valence-electron chi connectivity index (χ0n) is 9.81. The van der Waals surface area contributed by atoms with E-state index in [9.17, 15) is 14.4 Å². The summed E-state index contributed by atoms with van der Waals surface area (Å²) in [5, 5.41) is 8.87. The average molecular weight is 253 g/mol. The van der Waals surface area contributed by atoms with Gasteiger partial charge in [0, 0.05) is 12.2 Å². The van der Waals surface area contributed by atoms with Gasteiger partial charge in [-0.1, -0.05) is 12.8 Å². The van der Waals surface area contributed by atoms with Gasteiger partial charge in [-0.15, -0.1) is 0 Å². The summed E-state index contributed by atoms with van der Waals surface area (Å²) in [5.41, 5.74) is -0.367. The van der Waals surface area contributed by atoms with Crippen molar-refractivity contribution in [1.29, 1.82) is 0 Å². The molecule has 1 aromatic rings. The number of carbonyl (C=O) groups is 2. The molecule has 98 valence electrons. The standard InChI is InChI=1S/C11H15N3O4/c15-9(16)6-14(7-3-1-2-4-7)10(17)8-5-12-11(18)13-8/h5,7H,1-4,6H2,(H,15,16)(H2,12,13,18). The van der Waals surface area contributed by atoms with E-state index in [1.54, 1.807) is 0 Å². The summed E-state index contributed by atoms with van der Waals surface area (Å²) in [6.45, 7) is -0.337. The van der Waals surface area contributed by atoms with Gasteiger partial charge in [-0.2, -0.15) is 0 Å². The maximum Gasteiger partial charge on any atom is 0.323 e. The number of aromatic nitrogens is 2. The molecule has 0 aromatic carbocycles. The van der Waals surface area contributed by atoms with Crippen LogP contribution in [-0.2, 0) is 4.79 Å². The Labute approximate surface area is 103 Å². The molecule has 1 aliphatic rings. The number of aliphatic carboxylic acids is 1. The number of hydrogen-bond donors (Lipinski definition) is 3. The van der Waals surface area contributed by atoms with Gasteiger partial charge in [-0.25, -0.2) is 4.79 Å². The van der Waals surface area contributed by atoms with Gasteiger partial charge in [0.05, 0.1) is 0 Å². The van der Waals surface area contributed by atoms with Gasteiger partial charge in [0.1, 0.15) is 12.2 Å². The first kappa shape index (κ1) is 12.4. The van der Waals surface area contributed by atoms with E-state index in [2.05, 4.69) is 9.97 Å². The molecule has 1 aromatic heterocycles. The minimum absolute atomic E-state index is 0.0491. The molecule has 0 atom stereocenters. The number of nitrogens with one attached hydrogen (secondary N) is 2. The van der Waals surface area contributed by atoms with E-state index in [1.807, 2.05) is 0 Å². The Morgan fingerprint density at radius 2 is 2.06 bits per heavy atom. The number of rotatable bonds is 4. The Hall–Kier alpha value is -2.05. The molecule has 7 heteroatoms. The molecule has 1 fully saturated rings. The highest BCUT2D eigenvalue weighted by Crippen LogP contribution is 2.24. The van der Waals surface area contributed by atoms with Gasteiger partial charge in [0.25, 0.3) is 5.91 Å². The van der Waals surface area contributed by atoms with Crippen LogP contribution in [0.25, 0.3) is 0 Å². The van der Waals surface area contributed by atoms with Crippen molar-refractivity contribution in [3.63, 3.8) is 0 Å². The van der Waals surface area contributed by atoms with E-state index in [4.69, 9.17) is 5.11 Å².